The summed E-state index contributed by atoms with van der Waals surface area (Å²) >= 11 is 0. The molecule has 0 radical (unpaired) electrons. The summed E-state index contributed by atoms with van der Waals surface area (Å²) in [6.45, 7) is 2.32. The molecule has 1 fully saturated rings. The molecule has 0 aliphatic heterocycles. The maximum absolute atomic E-state index is 3.89. The van der Waals surface area contributed by atoms with Gasteiger partial charge in [-0.25, -0.2) is 0 Å². The van der Waals surface area contributed by atoms with E-state index in [1.165, 1.54) is 38.5 Å². The van der Waals surface area contributed by atoms with Crippen molar-refractivity contribution in [3.63, 3.8) is 0 Å². The molecule has 2 aliphatic rings. The summed E-state index contributed by atoms with van der Waals surface area (Å²) < 4.78 is 0. The van der Waals surface area contributed by atoms with Gasteiger partial charge in [-0.3, -0.25) is 0 Å². The fraction of sp³-hybridized carbons (Fsp3) is 0.625. The zero-order chi connectivity index (χ0) is 11.7. The van der Waals surface area contributed by atoms with Gasteiger partial charge < -0.3 is 5.32 Å². The van der Waals surface area contributed by atoms with Crippen molar-refractivity contribution in [3.8, 4) is 0 Å². The summed E-state index contributed by atoms with van der Waals surface area (Å²) in [5.41, 5.74) is 3.12. The molecule has 2 aliphatic carbocycles. The molecule has 2 unspecified atom stereocenters. The molecule has 0 aromatic heterocycles. The van der Waals surface area contributed by atoms with Gasteiger partial charge in [0.2, 0.25) is 0 Å². The highest BCUT2D eigenvalue weighted by Crippen LogP contribution is 2.36. The number of aryl methyl sites for hydroxylation is 1. The van der Waals surface area contributed by atoms with Crippen LogP contribution in [0.15, 0.2) is 24.3 Å². The topological polar surface area (TPSA) is 12.0 Å². The van der Waals surface area contributed by atoms with Gasteiger partial charge in [0.25, 0.3) is 0 Å². The lowest BCUT2D eigenvalue weighted by atomic mass is 10.0. The van der Waals surface area contributed by atoms with Gasteiger partial charge in [0.05, 0.1) is 0 Å². The van der Waals surface area contributed by atoms with E-state index < -0.39 is 0 Å². The number of hydrogen-bond donors (Lipinski definition) is 1. The van der Waals surface area contributed by atoms with Crippen molar-refractivity contribution in [2.24, 2.45) is 5.92 Å². The number of nitrogens with one attached hydrogen (secondary N) is 1. The molecule has 1 saturated carbocycles. The Kier molecular flexibility index (Phi) is 3.19. The molecular formula is C16H23N. The molecule has 0 spiro atoms. The lowest BCUT2D eigenvalue weighted by Gasteiger charge is -2.22. The van der Waals surface area contributed by atoms with Crippen LogP contribution in [-0.4, -0.2) is 6.04 Å². The Bertz CT molecular complexity index is 381. The van der Waals surface area contributed by atoms with Crippen LogP contribution in [0, 0.1) is 5.92 Å². The van der Waals surface area contributed by atoms with Gasteiger partial charge in [0.1, 0.15) is 0 Å². The Morgan fingerprint density at radius 2 is 2.06 bits per heavy atom. The lowest BCUT2D eigenvalue weighted by molar-refractivity contribution is 0.388. The van der Waals surface area contributed by atoms with Crippen LogP contribution in [0.5, 0.6) is 0 Å². The van der Waals surface area contributed by atoms with Crippen molar-refractivity contribution in [2.75, 3.05) is 0 Å². The SMILES string of the molecule is CCC(CC1CC1)NC1CCc2ccccc21. The minimum Gasteiger partial charge on any atom is -0.307 e. The van der Waals surface area contributed by atoms with Crippen molar-refractivity contribution in [1.29, 1.82) is 0 Å². The molecule has 0 bridgehead atoms. The molecule has 1 N–H and O–H groups in total. The van der Waals surface area contributed by atoms with Gasteiger partial charge in [-0.2, -0.15) is 0 Å². The highest BCUT2D eigenvalue weighted by molar-refractivity contribution is 5.34. The third-order valence-electron chi connectivity index (χ3n) is 4.38. The number of hydrogen-bond acceptors (Lipinski definition) is 1. The van der Waals surface area contributed by atoms with Crippen molar-refractivity contribution in [2.45, 2.75) is 57.5 Å². The van der Waals surface area contributed by atoms with Gasteiger partial charge >= 0.3 is 0 Å². The predicted molar refractivity (Wildman–Crippen MR) is 72.1 cm³/mol. The second-order valence-corrected chi connectivity index (χ2v) is 5.74. The lowest BCUT2D eigenvalue weighted by Crippen LogP contribution is -2.31. The van der Waals surface area contributed by atoms with E-state index in [1.807, 2.05) is 0 Å². The van der Waals surface area contributed by atoms with Crippen molar-refractivity contribution >= 4 is 0 Å². The van der Waals surface area contributed by atoms with E-state index >= 15 is 0 Å². The van der Waals surface area contributed by atoms with Crippen molar-refractivity contribution in [3.05, 3.63) is 35.4 Å². The van der Waals surface area contributed by atoms with Crippen molar-refractivity contribution < 1.29 is 0 Å². The fourth-order valence-electron chi connectivity index (χ4n) is 3.12. The van der Waals surface area contributed by atoms with Gasteiger partial charge in [0.15, 0.2) is 0 Å². The molecule has 2 atom stereocenters. The van der Waals surface area contributed by atoms with E-state index in [2.05, 4.69) is 36.5 Å². The van der Waals surface area contributed by atoms with E-state index in [1.54, 1.807) is 11.1 Å². The molecule has 0 amide bonds. The van der Waals surface area contributed by atoms with Crippen LogP contribution in [0.2, 0.25) is 0 Å². The number of fused-ring (bicyclic) bond motifs is 1. The van der Waals surface area contributed by atoms with Crippen LogP contribution in [0.25, 0.3) is 0 Å². The Labute approximate surface area is 105 Å². The van der Waals surface area contributed by atoms with E-state index in [0.29, 0.717) is 6.04 Å². The largest absolute Gasteiger partial charge is 0.307 e. The zero-order valence-electron chi connectivity index (χ0n) is 10.8. The Balaban J connectivity index is 1.65. The molecule has 17 heavy (non-hydrogen) atoms. The Morgan fingerprint density at radius 1 is 1.24 bits per heavy atom. The third-order valence-corrected chi connectivity index (χ3v) is 4.38. The van der Waals surface area contributed by atoms with Gasteiger partial charge in [-0.15, -0.1) is 0 Å². The average Bonchev–Trinajstić information content (AvgIpc) is 3.09. The fourth-order valence-corrected chi connectivity index (χ4v) is 3.12. The number of rotatable bonds is 5. The highest BCUT2D eigenvalue weighted by Gasteiger charge is 2.28. The van der Waals surface area contributed by atoms with E-state index in [4.69, 9.17) is 0 Å². The van der Waals surface area contributed by atoms with E-state index in [-0.39, 0.29) is 0 Å². The standard InChI is InChI=1S/C16H23N/c1-2-14(11-12-7-8-12)17-16-10-9-13-5-3-4-6-15(13)16/h3-6,12,14,16-17H,2,7-11H2,1H3. The van der Waals surface area contributed by atoms with Crippen LogP contribution >= 0.6 is 0 Å². The van der Waals surface area contributed by atoms with E-state index in [0.717, 1.165) is 12.0 Å². The Hall–Kier alpha value is -0.820. The molecule has 1 heteroatoms. The van der Waals surface area contributed by atoms with Crippen LogP contribution in [0.1, 0.15) is 56.2 Å². The van der Waals surface area contributed by atoms with Crippen LogP contribution in [-0.2, 0) is 6.42 Å². The van der Waals surface area contributed by atoms with Gasteiger partial charge in [0, 0.05) is 12.1 Å². The first kappa shape index (κ1) is 11.3. The van der Waals surface area contributed by atoms with Crippen LogP contribution in [0.4, 0.5) is 0 Å². The monoisotopic (exact) mass is 229 g/mol. The normalized spacial score (nSPS) is 24.6. The maximum atomic E-state index is 3.89. The summed E-state index contributed by atoms with van der Waals surface area (Å²) in [4.78, 5) is 0. The second kappa shape index (κ2) is 4.81. The molecule has 0 saturated heterocycles. The van der Waals surface area contributed by atoms with Crippen molar-refractivity contribution in [1.82, 2.24) is 5.32 Å². The number of benzene rings is 1. The molecule has 0 heterocycles. The summed E-state index contributed by atoms with van der Waals surface area (Å²) in [7, 11) is 0. The molecular weight excluding hydrogens is 206 g/mol. The Morgan fingerprint density at radius 3 is 2.82 bits per heavy atom. The second-order valence-electron chi connectivity index (χ2n) is 5.74. The van der Waals surface area contributed by atoms with Gasteiger partial charge in [-0.05, 0) is 42.7 Å². The summed E-state index contributed by atoms with van der Waals surface area (Å²) in [6, 6.07) is 10.3. The molecule has 1 aromatic carbocycles. The first-order chi connectivity index (χ1) is 8.36. The first-order valence-corrected chi connectivity index (χ1v) is 7.20. The zero-order valence-corrected chi connectivity index (χ0v) is 10.8. The van der Waals surface area contributed by atoms with Crippen LogP contribution < -0.4 is 5.32 Å². The molecule has 92 valence electrons. The maximum Gasteiger partial charge on any atom is 0.0328 e. The average molecular weight is 229 g/mol. The van der Waals surface area contributed by atoms with Crippen LogP contribution in [0.3, 0.4) is 0 Å². The minimum absolute atomic E-state index is 0.620. The van der Waals surface area contributed by atoms with E-state index in [9.17, 15) is 0 Å². The molecule has 3 rings (SSSR count). The quantitative estimate of drug-likeness (QED) is 0.809. The summed E-state index contributed by atoms with van der Waals surface area (Å²) in [5, 5.41) is 3.89. The smallest absolute Gasteiger partial charge is 0.0328 e. The molecule has 1 nitrogen and oxygen atoms in total. The predicted octanol–water partition coefficient (Wildman–Crippen LogP) is 3.84. The summed E-state index contributed by atoms with van der Waals surface area (Å²) in [6.07, 6.45) is 8.16. The highest BCUT2D eigenvalue weighted by atomic mass is 15.0. The summed E-state index contributed by atoms with van der Waals surface area (Å²) in [5.74, 6) is 1.03. The molecule has 1 aromatic rings. The first-order valence-electron chi connectivity index (χ1n) is 7.20. The minimum atomic E-state index is 0.620. The van der Waals surface area contributed by atoms with Gasteiger partial charge in [-0.1, -0.05) is 44.0 Å². The third kappa shape index (κ3) is 2.55.